The molecule has 1 fully saturated rings. The minimum Gasteiger partial charge on any atom is -0.456 e. The van der Waals surface area contributed by atoms with Crippen LogP contribution in [0.2, 0.25) is 0 Å². The summed E-state index contributed by atoms with van der Waals surface area (Å²) in [6, 6.07) is 17.2. The van der Waals surface area contributed by atoms with Gasteiger partial charge in [0.25, 0.3) is 5.91 Å². The quantitative estimate of drug-likeness (QED) is 0.554. The molecular formula is C24H26N4O3S. The molecule has 1 N–H and O–H groups in total. The summed E-state index contributed by atoms with van der Waals surface area (Å²) in [4.78, 5) is 33.2. The van der Waals surface area contributed by atoms with E-state index < -0.39 is 0 Å². The van der Waals surface area contributed by atoms with Crippen LogP contribution in [0.5, 0.6) is 0 Å². The Kier molecular flexibility index (Phi) is 7.24. The number of aryl methyl sites for hydroxylation is 1. The molecule has 2 aromatic heterocycles. The third-order valence-electron chi connectivity index (χ3n) is 5.21. The fourth-order valence-corrected chi connectivity index (χ4v) is 4.35. The fourth-order valence-electron chi connectivity index (χ4n) is 3.55. The maximum absolute atomic E-state index is 12.5. The average Bonchev–Trinajstić information content (AvgIpc) is 3.25. The molecule has 4 rings (SSSR count). The molecule has 1 saturated heterocycles. The number of aromatic nitrogens is 1. The van der Waals surface area contributed by atoms with E-state index in [1.54, 1.807) is 35.0 Å². The molecule has 1 aliphatic heterocycles. The Hall–Kier alpha value is -3.10. The van der Waals surface area contributed by atoms with E-state index in [1.165, 1.54) is 0 Å². The normalized spacial score (nSPS) is 14.3. The zero-order valence-electron chi connectivity index (χ0n) is 18.0. The van der Waals surface area contributed by atoms with Gasteiger partial charge in [0.05, 0.1) is 11.6 Å². The van der Waals surface area contributed by atoms with Crippen LogP contribution in [-0.2, 0) is 10.5 Å². The molecule has 0 aliphatic carbocycles. The van der Waals surface area contributed by atoms with Gasteiger partial charge in [-0.05, 0) is 48.9 Å². The van der Waals surface area contributed by atoms with Crippen LogP contribution in [-0.4, -0.2) is 59.3 Å². The highest BCUT2D eigenvalue weighted by molar-refractivity contribution is 7.98. The zero-order valence-corrected chi connectivity index (χ0v) is 18.8. The summed E-state index contributed by atoms with van der Waals surface area (Å²) < 4.78 is 5.43. The van der Waals surface area contributed by atoms with Gasteiger partial charge < -0.3 is 14.6 Å². The number of furan rings is 1. The number of pyridine rings is 1. The molecule has 0 radical (unpaired) electrons. The van der Waals surface area contributed by atoms with Crippen molar-refractivity contribution in [3.63, 3.8) is 0 Å². The molecular weight excluding hydrogens is 424 g/mol. The number of benzene rings is 1. The largest absolute Gasteiger partial charge is 0.456 e. The molecule has 2 amide bonds. The number of hydrogen-bond donors (Lipinski definition) is 1. The minimum absolute atomic E-state index is 0.0547. The second-order valence-electron chi connectivity index (χ2n) is 7.68. The van der Waals surface area contributed by atoms with E-state index in [1.807, 2.05) is 49.4 Å². The first-order valence-corrected chi connectivity index (χ1v) is 11.6. The van der Waals surface area contributed by atoms with Gasteiger partial charge in [-0.25, -0.2) is 4.98 Å². The first-order chi connectivity index (χ1) is 15.6. The Morgan fingerprint density at radius 3 is 2.62 bits per heavy atom. The van der Waals surface area contributed by atoms with Crippen molar-refractivity contribution in [2.45, 2.75) is 17.7 Å². The summed E-state index contributed by atoms with van der Waals surface area (Å²) in [6.45, 7) is 4.58. The van der Waals surface area contributed by atoms with E-state index in [9.17, 15) is 9.59 Å². The monoisotopic (exact) mass is 450 g/mol. The van der Waals surface area contributed by atoms with E-state index in [4.69, 9.17) is 4.42 Å². The smallest absolute Gasteiger partial charge is 0.289 e. The maximum Gasteiger partial charge on any atom is 0.289 e. The highest BCUT2D eigenvalue weighted by Gasteiger charge is 2.25. The number of anilines is 1. The first kappa shape index (κ1) is 22.1. The van der Waals surface area contributed by atoms with Crippen molar-refractivity contribution in [2.75, 3.05) is 38.0 Å². The lowest BCUT2D eigenvalue weighted by Gasteiger charge is -2.33. The van der Waals surface area contributed by atoms with Gasteiger partial charge in [-0.15, -0.1) is 11.8 Å². The van der Waals surface area contributed by atoms with Gasteiger partial charge in [-0.3, -0.25) is 14.5 Å². The number of thioether (sulfide) groups is 1. The van der Waals surface area contributed by atoms with Gasteiger partial charge in [-0.2, -0.15) is 0 Å². The highest BCUT2D eigenvalue weighted by atomic mass is 32.2. The maximum atomic E-state index is 12.5. The molecule has 0 atom stereocenters. The van der Waals surface area contributed by atoms with E-state index in [2.05, 4.69) is 15.2 Å². The van der Waals surface area contributed by atoms with Gasteiger partial charge in [0, 0.05) is 43.8 Å². The van der Waals surface area contributed by atoms with Crippen LogP contribution in [0.4, 0.5) is 5.69 Å². The Labute approximate surface area is 191 Å². The SMILES string of the molecule is Cc1ccc(C(=O)N2CCN(CC(=O)Nc3cccc(CSc4ccccn4)c3)CC2)o1. The number of piperazine rings is 1. The molecule has 8 heteroatoms. The number of rotatable bonds is 7. The number of nitrogens with one attached hydrogen (secondary N) is 1. The topological polar surface area (TPSA) is 78.7 Å². The average molecular weight is 451 g/mol. The lowest BCUT2D eigenvalue weighted by Crippen LogP contribution is -2.50. The van der Waals surface area contributed by atoms with Gasteiger partial charge in [0.15, 0.2) is 5.76 Å². The predicted molar refractivity (Wildman–Crippen MR) is 125 cm³/mol. The zero-order chi connectivity index (χ0) is 22.3. The van der Waals surface area contributed by atoms with Crippen molar-refractivity contribution >= 4 is 29.3 Å². The predicted octanol–water partition coefficient (Wildman–Crippen LogP) is 3.67. The number of carbonyl (C=O) groups is 2. The lowest BCUT2D eigenvalue weighted by atomic mass is 10.2. The van der Waals surface area contributed by atoms with Gasteiger partial charge in [0.2, 0.25) is 5.91 Å². The molecule has 0 saturated carbocycles. The van der Waals surface area contributed by atoms with Crippen molar-refractivity contribution in [3.05, 3.63) is 77.9 Å². The molecule has 32 heavy (non-hydrogen) atoms. The van der Waals surface area contributed by atoms with E-state index in [-0.39, 0.29) is 11.8 Å². The summed E-state index contributed by atoms with van der Waals surface area (Å²) in [5.74, 6) is 1.73. The molecule has 0 spiro atoms. The van der Waals surface area contributed by atoms with Crippen LogP contribution >= 0.6 is 11.8 Å². The number of amides is 2. The van der Waals surface area contributed by atoms with Crippen LogP contribution in [0.15, 0.2) is 70.2 Å². The second-order valence-corrected chi connectivity index (χ2v) is 8.68. The molecule has 0 unspecified atom stereocenters. The first-order valence-electron chi connectivity index (χ1n) is 10.6. The van der Waals surface area contributed by atoms with Crippen LogP contribution < -0.4 is 5.32 Å². The Morgan fingerprint density at radius 1 is 1.06 bits per heavy atom. The lowest BCUT2D eigenvalue weighted by molar-refractivity contribution is -0.117. The van der Waals surface area contributed by atoms with E-state index in [0.29, 0.717) is 38.5 Å². The van der Waals surface area contributed by atoms with Crippen molar-refractivity contribution in [3.8, 4) is 0 Å². The van der Waals surface area contributed by atoms with Crippen LogP contribution in [0.3, 0.4) is 0 Å². The third kappa shape index (κ3) is 5.99. The molecule has 3 aromatic rings. The number of nitrogens with zero attached hydrogens (tertiary/aromatic N) is 3. The summed E-state index contributed by atoms with van der Waals surface area (Å²) >= 11 is 1.66. The molecule has 1 aromatic carbocycles. The van der Waals surface area contributed by atoms with Crippen LogP contribution in [0, 0.1) is 6.92 Å². The summed E-state index contributed by atoms with van der Waals surface area (Å²) in [7, 11) is 0. The third-order valence-corrected chi connectivity index (χ3v) is 6.23. The fraction of sp³-hybridized carbons (Fsp3) is 0.292. The summed E-state index contributed by atoms with van der Waals surface area (Å²) in [6.07, 6.45) is 1.78. The molecule has 1 aliphatic rings. The van der Waals surface area contributed by atoms with E-state index in [0.717, 1.165) is 27.8 Å². The van der Waals surface area contributed by atoms with Crippen molar-refractivity contribution in [1.29, 1.82) is 0 Å². The second kappa shape index (κ2) is 10.5. The molecule has 166 valence electrons. The minimum atomic E-state index is -0.0948. The number of hydrogen-bond acceptors (Lipinski definition) is 6. The Bertz CT molecular complexity index is 1060. The van der Waals surface area contributed by atoms with Crippen LogP contribution in [0.1, 0.15) is 21.9 Å². The van der Waals surface area contributed by atoms with Gasteiger partial charge in [0.1, 0.15) is 5.76 Å². The van der Waals surface area contributed by atoms with E-state index >= 15 is 0 Å². The van der Waals surface area contributed by atoms with Crippen molar-refractivity contribution in [1.82, 2.24) is 14.8 Å². The molecule has 0 bridgehead atoms. The Balaban J connectivity index is 1.23. The summed E-state index contributed by atoms with van der Waals surface area (Å²) in [5.41, 5.74) is 1.91. The van der Waals surface area contributed by atoms with Crippen molar-refractivity contribution < 1.29 is 14.0 Å². The Morgan fingerprint density at radius 2 is 1.91 bits per heavy atom. The van der Waals surface area contributed by atoms with Crippen LogP contribution in [0.25, 0.3) is 0 Å². The molecule has 7 nitrogen and oxygen atoms in total. The van der Waals surface area contributed by atoms with Gasteiger partial charge >= 0.3 is 0 Å². The van der Waals surface area contributed by atoms with Gasteiger partial charge in [-0.1, -0.05) is 18.2 Å². The summed E-state index contributed by atoms with van der Waals surface area (Å²) in [5, 5.41) is 3.96. The highest BCUT2D eigenvalue weighted by Crippen LogP contribution is 2.22. The standard InChI is InChI=1S/C24H26N4O3S/c1-18-8-9-21(31-18)24(30)28-13-11-27(12-14-28)16-22(29)26-20-6-4-5-19(15-20)17-32-23-7-2-3-10-25-23/h2-10,15H,11-14,16-17H2,1H3,(H,26,29). The van der Waals surface area contributed by atoms with Crippen molar-refractivity contribution in [2.24, 2.45) is 0 Å². The molecule has 3 heterocycles. The number of carbonyl (C=O) groups excluding carboxylic acids is 2.